The average molecular weight is 301 g/mol. The molecule has 1 rings (SSSR count). The van der Waals surface area contributed by atoms with Crippen LogP contribution >= 0.6 is 12.2 Å². The largest absolute Gasteiger partial charge is 0.388 e. The molecule has 1 heterocycles. The van der Waals surface area contributed by atoms with E-state index in [0.29, 0.717) is 18.2 Å². The number of rotatable bonds is 6. The van der Waals surface area contributed by atoms with Gasteiger partial charge in [0.25, 0.3) is 0 Å². The minimum Gasteiger partial charge on any atom is -0.388 e. The van der Waals surface area contributed by atoms with E-state index in [-0.39, 0.29) is 9.88 Å². The average Bonchev–Trinajstić information content (AvgIpc) is 2.38. The number of pyridine rings is 1. The molecule has 106 valence electrons. The molecule has 0 amide bonds. The van der Waals surface area contributed by atoms with Crippen LogP contribution < -0.4 is 5.73 Å². The third-order valence-corrected chi connectivity index (χ3v) is 4.98. The summed E-state index contributed by atoms with van der Waals surface area (Å²) in [5, 5.41) is 0. The minimum atomic E-state index is -3.50. The van der Waals surface area contributed by atoms with E-state index in [1.54, 1.807) is 7.05 Å². The van der Waals surface area contributed by atoms with Crippen molar-refractivity contribution >= 4 is 27.2 Å². The Labute approximate surface area is 119 Å². The lowest BCUT2D eigenvalue weighted by molar-refractivity contribution is 0.393. The summed E-state index contributed by atoms with van der Waals surface area (Å²) in [6, 6.07) is 3.00. The lowest BCUT2D eigenvalue weighted by atomic mass is 10.1. The Bertz CT molecular complexity index is 541. The summed E-state index contributed by atoms with van der Waals surface area (Å²) in [6.45, 7) is 4.53. The Hall–Kier alpha value is -1.05. The van der Waals surface area contributed by atoms with Gasteiger partial charge in [0.1, 0.15) is 9.88 Å². The summed E-state index contributed by atoms with van der Waals surface area (Å²) < 4.78 is 25.9. The molecule has 19 heavy (non-hydrogen) atoms. The Kier molecular flexibility index (Phi) is 5.39. The van der Waals surface area contributed by atoms with Crippen LogP contribution in [-0.4, -0.2) is 36.3 Å². The van der Waals surface area contributed by atoms with Crippen LogP contribution in [0.25, 0.3) is 0 Å². The molecule has 0 saturated carbocycles. The van der Waals surface area contributed by atoms with Gasteiger partial charge in [-0.2, -0.15) is 0 Å². The quantitative estimate of drug-likeness (QED) is 0.803. The molecule has 5 nitrogen and oxygen atoms in total. The molecule has 2 N–H and O–H groups in total. The van der Waals surface area contributed by atoms with Crippen molar-refractivity contribution in [2.24, 2.45) is 11.7 Å². The van der Waals surface area contributed by atoms with E-state index in [2.05, 4.69) is 4.98 Å². The number of thiocarbonyl (C=S) groups is 1. The molecule has 7 heteroatoms. The van der Waals surface area contributed by atoms with Gasteiger partial charge < -0.3 is 5.73 Å². The maximum atomic E-state index is 12.3. The zero-order valence-electron chi connectivity index (χ0n) is 11.3. The minimum absolute atomic E-state index is 0.150. The van der Waals surface area contributed by atoms with Gasteiger partial charge in [-0.25, -0.2) is 12.7 Å². The van der Waals surface area contributed by atoms with Crippen LogP contribution in [0.2, 0.25) is 0 Å². The number of nitrogens with zero attached hydrogens (tertiary/aromatic N) is 2. The van der Waals surface area contributed by atoms with Gasteiger partial charge in [0.2, 0.25) is 10.0 Å². The van der Waals surface area contributed by atoms with Crippen LogP contribution in [0.15, 0.2) is 23.2 Å². The van der Waals surface area contributed by atoms with Crippen molar-refractivity contribution in [2.45, 2.75) is 25.2 Å². The van der Waals surface area contributed by atoms with Crippen molar-refractivity contribution < 1.29 is 8.42 Å². The second-order valence-corrected chi connectivity index (χ2v) is 7.03. The third-order valence-electron chi connectivity index (χ3n) is 2.96. The fraction of sp³-hybridized carbons (Fsp3) is 0.500. The molecule has 0 saturated heterocycles. The third kappa shape index (κ3) is 3.95. The van der Waals surface area contributed by atoms with E-state index in [0.717, 1.165) is 6.42 Å². The lowest BCUT2D eigenvalue weighted by Gasteiger charge is -2.20. The molecule has 1 atom stereocenters. The van der Waals surface area contributed by atoms with E-state index in [9.17, 15) is 8.42 Å². The summed E-state index contributed by atoms with van der Waals surface area (Å²) in [7, 11) is -1.93. The van der Waals surface area contributed by atoms with Gasteiger partial charge in [-0.15, -0.1) is 0 Å². The number of hydrogen-bond acceptors (Lipinski definition) is 4. The molecule has 0 aliphatic heterocycles. The van der Waals surface area contributed by atoms with Crippen LogP contribution in [0, 0.1) is 5.92 Å². The van der Waals surface area contributed by atoms with Crippen molar-refractivity contribution in [3.8, 4) is 0 Å². The molecule has 1 unspecified atom stereocenters. The Balaban J connectivity index is 2.96. The van der Waals surface area contributed by atoms with Crippen molar-refractivity contribution in [3.05, 3.63) is 24.0 Å². The Morgan fingerprint density at radius 2 is 2.16 bits per heavy atom. The SMILES string of the molecule is CCC(C)CN(C)S(=O)(=O)c1ccc(C(N)=S)nc1. The molecule has 1 aromatic rings. The topological polar surface area (TPSA) is 76.3 Å². The van der Waals surface area contributed by atoms with E-state index in [1.807, 2.05) is 13.8 Å². The van der Waals surface area contributed by atoms with Gasteiger partial charge in [0.05, 0.1) is 5.69 Å². The Morgan fingerprint density at radius 1 is 1.53 bits per heavy atom. The van der Waals surface area contributed by atoms with E-state index in [1.165, 1.54) is 22.6 Å². The highest BCUT2D eigenvalue weighted by molar-refractivity contribution is 7.89. The highest BCUT2D eigenvalue weighted by Crippen LogP contribution is 2.15. The first kappa shape index (κ1) is 16.0. The van der Waals surface area contributed by atoms with Crippen molar-refractivity contribution in [1.29, 1.82) is 0 Å². The number of hydrogen-bond donors (Lipinski definition) is 1. The first-order valence-electron chi connectivity index (χ1n) is 6.01. The molecule has 0 radical (unpaired) electrons. The first-order valence-corrected chi connectivity index (χ1v) is 7.86. The van der Waals surface area contributed by atoms with Gasteiger partial charge in [0.15, 0.2) is 0 Å². The van der Waals surface area contributed by atoms with Crippen molar-refractivity contribution in [2.75, 3.05) is 13.6 Å². The summed E-state index contributed by atoms with van der Waals surface area (Å²) in [5.74, 6) is 0.309. The van der Waals surface area contributed by atoms with Gasteiger partial charge in [-0.05, 0) is 18.1 Å². The van der Waals surface area contributed by atoms with Crippen LogP contribution in [0.1, 0.15) is 26.0 Å². The molecular weight excluding hydrogens is 282 g/mol. The van der Waals surface area contributed by atoms with Crippen LogP contribution in [-0.2, 0) is 10.0 Å². The lowest BCUT2D eigenvalue weighted by Crippen LogP contribution is -2.31. The summed E-state index contributed by atoms with van der Waals surface area (Å²) in [5.41, 5.74) is 5.84. The highest BCUT2D eigenvalue weighted by Gasteiger charge is 2.22. The fourth-order valence-corrected chi connectivity index (χ4v) is 2.88. The number of nitrogens with two attached hydrogens (primary N) is 1. The second-order valence-electron chi connectivity index (χ2n) is 4.54. The molecule has 0 aliphatic rings. The number of aromatic nitrogens is 1. The van der Waals surface area contributed by atoms with Crippen LogP contribution in [0.4, 0.5) is 0 Å². The molecule has 0 aromatic carbocycles. The number of sulfonamides is 1. The standard InChI is InChI=1S/C12H19N3O2S2/c1-4-9(2)8-15(3)19(16,17)10-5-6-11(12(13)18)14-7-10/h5-7,9H,4,8H2,1-3H3,(H2,13,18). The smallest absolute Gasteiger partial charge is 0.244 e. The van der Waals surface area contributed by atoms with E-state index in [4.69, 9.17) is 18.0 Å². The van der Waals surface area contributed by atoms with Gasteiger partial charge in [-0.1, -0.05) is 32.5 Å². The van der Waals surface area contributed by atoms with Gasteiger partial charge in [-0.3, -0.25) is 4.98 Å². The molecular formula is C12H19N3O2S2. The zero-order chi connectivity index (χ0) is 14.6. The summed E-state index contributed by atoms with van der Waals surface area (Å²) >= 11 is 4.78. The monoisotopic (exact) mass is 301 g/mol. The van der Waals surface area contributed by atoms with Crippen LogP contribution in [0.3, 0.4) is 0 Å². The van der Waals surface area contributed by atoms with E-state index >= 15 is 0 Å². The molecule has 0 bridgehead atoms. The normalized spacial score (nSPS) is 13.5. The van der Waals surface area contributed by atoms with Gasteiger partial charge in [0, 0.05) is 19.8 Å². The zero-order valence-corrected chi connectivity index (χ0v) is 13.0. The molecule has 1 aromatic heterocycles. The predicted octanol–water partition coefficient (Wildman–Crippen LogP) is 1.38. The van der Waals surface area contributed by atoms with Crippen molar-refractivity contribution in [3.63, 3.8) is 0 Å². The molecule has 0 fully saturated rings. The summed E-state index contributed by atoms with van der Waals surface area (Å²) in [4.78, 5) is 4.26. The van der Waals surface area contributed by atoms with Gasteiger partial charge >= 0.3 is 0 Å². The van der Waals surface area contributed by atoms with E-state index < -0.39 is 10.0 Å². The summed E-state index contributed by atoms with van der Waals surface area (Å²) in [6.07, 6.45) is 2.22. The molecule has 0 aliphatic carbocycles. The van der Waals surface area contributed by atoms with Crippen LogP contribution in [0.5, 0.6) is 0 Å². The Morgan fingerprint density at radius 3 is 2.58 bits per heavy atom. The molecule has 0 spiro atoms. The second kappa shape index (κ2) is 6.40. The first-order chi connectivity index (χ1) is 8.78. The predicted molar refractivity (Wildman–Crippen MR) is 79.4 cm³/mol. The fourth-order valence-electron chi connectivity index (χ4n) is 1.52. The van der Waals surface area contributed by atoms with Crippen molar-refractivity contribution in [1.82, 2.24) is 9.29 Å². The maximum Gasteiger partial charge on any atom is 0.244 e. The highest BCUT2D eigenvalue weighted by atomic mass is 32.2. The maximum absolute atomic E-state index is 12.3.